The number of aryl methyl sites for hydroxylation is 1. The highest BCUT2D eigenvalue weighted by Gasteiger charge is 2.13. The Bertz CT molecular complexity index is 705. The summed E-state index contributed by atoms with van der Waals surface area (Å²) in [5, 5.41) is 22.9. The van der Waals surface area contributed by atoms with E-state index in [2.05, 4.69) is 24.4 Å². The van der Waals surface area contributed by atoms with Crippen molar-refractivity contribution < 1.29 is 4.92 Å². The van der Waals surface area contributed by atoms with Crippen molar-refractivity contribution in [2.45, 2.75) is 13.3 Å². The summed E-state index contributed by atoms with van der Waals surface area (Å²) in [4.78, 5) is 10.2. The van der Waals surface area contributed by atoms with Crippen LogP contribution in [0.4, 0.5) is 11.4 Å². The lowest BCUT2D eigenvalue weighted by Crippen LogP contribution is -2.06. The van der Waals surface area contributed by atoms with Crippen LogP contribution in [0, 0.1) is 28.4 Å². The molecule has 0 amide bonds. The fraction of sp³-hybridized carbons (Fsp3) is 0.188. The Morgan fingerprint density at radius 1 is 1.29 bits per heavy atom. The number of nitriles is 1. The van der Waals surface area contributed by atoms with Crippen LogP contribution in [0.5, 0.6) is 0 Å². The number of rotatable bonds is 5. The van der Waals surface area contributed by atoms with Crippen LogP contribution in [-0.4, -0.2) is 11.5 Å². The molecule has 0 fully saturated rings. The maximum atomic E-state index is 10.8. The number of benzene rings is 2. The largest absolute Gasteiger partial charge is 0.385 e. The summed E-state index contributed by atoms with van der Waals surface area (Å²) in [6, 6.07) is 14.5. The zero-order chi connectivity index (χ0) is 15.2. The maximum absolute atomic E-state index is 10.8. The first kappa shape index (κ1) is 14.5. The topological polar surface area (TPSA) is 79.0 Å². The minimum absolute atomic E-state index is 0.0703. The zero-order valence-electron chi connectivity index (χ0n) is 11.7. The van der Waals surface area contributed by atoms with E-state index in [0.717, 1.165) is 6.42 Å². The lowest BCUT2D eigenvalue weighted by atomic mass is 10.1. The van der Waals surface area contributed by atoms with Crippen molar-refractivity contribution in [2.75, 3.05) is 11.9 Å². The van der Waals surface area contributed by atoms with E-state index in [9.17, 15) is 10.1 Å². The van der Waals surface area contributed by atoms with E-state index in [0.29, 0.717) is 12.2 Å². The van der Waals surface area contributed by atoms with Gasteiger partial charge >= 0.3 is 0 Å². The summed E-state index contributed by atoms with van der Waals surface area (Å²) in [5.74, 6) is 0. The molecule has 0 radical (unpaired) electrons. The van der Waals surface area contributed by atoms with Gasteiger partial charge in [-0.3, -0.25) is 10.1 Å². The molecule has 0 heterocycles. The molecule has 5 nitrogen and oxygen atoms in total. The van der Waals surface area contributed by atoms with Gasteiger partial charge in [0, 0.05) is 18.3 Å². The van der Waals surface area contributed by atoms with Crippen LogP contribution >= 0.6 is 0 Å². The van der Waals surface area contributed by atoms with E-state index < -0.39 is 4.92 Å². The first-order chi connectivity index (χ1) is 10.1. The first-order valence-electron chi connectivity index (χ1n) is 6.58. The molecule has 1 N–H and O–H groups in total. The van der Waals surface area contributed by atoms with Gasteiger partial charge in [-0.1, -0.05) is 24.3 Å². The van der Waals surface area contributed by atoms with Gasteiger partial charge in [0.25, 0.3) is 5.69 Å². The monoisotopic (exact) mass is 281 g/mol. The Balaban J connectivity index is 2.03. The summed E-state index contributed by atoms with van der Waals surface area (Å²) >= 11 is 0. The first-order valence-corrected chi connectivity index (χ1v) is 6.58. The average molecular weight is 281 g/mol. The van der Waals surface area contributed by atoms with Crippen molar-refractivity contribution in [3.63, 3.8) is 0 Å². The predicted octanol–water partition coefficient (Wildman–Crippen LogP) is 3.43. The summed E-state index contributed by atoms with van der Waals surface area (Å²) in [5.41, 5.74) is 3.11. The van der Waals surface area contributed by atoms with Crippen molar-refractivity contribution in [3.05, 3.63) is 69.3 Å². The highest BCUT2D eigenvalue weighted by Crippen LogP contribution is 2.21. The molecule has 21 heavy (non-hydrogen) atoms. The second-order valence-electron chi connectivity index (χ2n) is 4.70. The molecule has 2 aromatic carbocycles. The Morgan fingerprint density at radius 3 is 2.71 bits per heavy atom. The molecular formula is C16H15N3O2. The fourth-order valence-electron chi connectivity index (χ4n) is 2.13. The van der Waals surface area contributed by atoms with Crippen molar-refractivity contribution in [2.24, 2.45) is 0 Å². The van der Waals surface area contributed by atoms with Crippen molar-refractivity contribution in [3.8, 4) is 6.07 Å². The van der Waals surface area contributed by atoms with Gasteiger partial charge in [0.1, 0.15) is 11.6 Å². The standard InChI is InChI=1S/C16H15N3O2/c1-12-4-2-3-5-13(12)8-9-18-15-6-7-16(19(20)21)14(10-15)11-17/h2-7,10,18H,8-9H2,1H3. The van der Waals surface area contributed by atoms with E-state index in [1.807, 2.05) is 18.2 Å². The second-order valence-corrected chi connectivity index (χ2v) is 4.70. The molecule has 0 aliphatic rings. The number of nitrogens with zero attached hydrogens (tertiary/aromatic N) is 2. The van der Waals surface area contributed by atoms with Gasteiger partial charge in [0.2, 0.25) is 0 Å². The Hall–Kier alpha value is -2.87. The summed E-state index contributed by atoms with van der Waals surface area (Å²) in [7, 11) is 0. The zero-order valence-corrected chi connectivity index (χ0v) is 11.7. The molecular weight excluding hydrogens is 266 g/mol. The summed E-state index contributed by atoms with van der Waals surface area (Å²) < 4.78 is 0. The summed E-state index contributed by atoms with van der Waals surface area (Å²) in [6.45, 7) is 2.77. The Labute approximate surface area is 123 Å². The lowest BCUT2D eigenvalue weighted by molar-refractivity contribution is -0.385. The van der Waals surface area contributed by atoms with Gasteiger partial charge in [-0.25, -0.2) is 0 Å². The van der Waals surface area contributed by atoms with Crippen molar-refractivity contribution in [1.82, 2.24) is 0 Å². The third-order valence-corrected chi connectivity index (χ3v) is 3.30. The number of hydrogen-bond acceptors (Lipinski definition) is 4. The van der Waals surface area contributed by atoms with Crippen LogP contribution in [0.1, 0.15) is 16.7 Å². The number of nitro groups is 1. The van der Waals surface area contributed by atoms with Gasteiger partial charge in [-0.05, 0) is 36.6 Å². The minimum atomic E-state index is -0.546. The molecule has 0 saturated carbocycles. The van der Waals surface area contributed by atoms with Crippen molar-refractivity contribution >= 4 is 11.4 Å². The molecule has 5 heteroatoms. The third-order valence-electron chi connectivity index (χ3n) is 3.30. The van der Waals surface area contributed by atoms with E-state index >= 15 is 0 Å². The average Bonchev–Trinajstić information content (AvgIpc) is 2.48. The molecule has 0 unspecified atom stereocenters. The molecule has 0 bridgehead atoms. The van der Waals surface area contributed by atoms with Crippen molar-refractivity contribution in [1.29, 1.82) is 5.26 Å². The van der Waals surface area contributed by atoms with Crippen LogP contribution < -0.4 is 5.32 Å². The second kappa shape index (κ2) is 6.53. The predicted molar refractivity (Wildman–Crippen MR) is 81.2 cm³/mol. The molecule has 0 atom stereocenters. The molecule has 106 valence electrons. The molecule has 0 saturated heterocycles. The van der Waals surface area contributed by atoms with Crippen LogP contribution in [0.15, 0.2) is 42.5 Å². The van der Waals surface area contributed by atoms with E-state index in [-0.39, 0.29) is 11.3 Å². The van der Waals surface area contributed by atoms with E-state index in [1.54, 1.807) is 6.07 Å². The molecule has 0 spiro atoms. The van der Waals surface area contributed by atoms with Gasteiger partial charge in [-0.15, -0.1) is 0 Å². The van der Waals surface area contributed by atoms with Gasteiger partial charge < -0.3 is 5.32 Å². The number of nitrogens with one attached hydrogen (secondary N) is 1. The molecule has 0 aliphatic carbocycles. The van der Waals surface area contributed by atoms with Crippen LogP contribution in [0.25, 0.3) is 0 Å². The van der Waals surface area contributed by atoms with Crippen LogP contribution in [0.2, 0.25) is 0 Å². The number of anilines is 1. The van der Waals surface area contributed by atoms with E-state index in [1.165, 1.54) is 23.3 Å². The smallest absolute Gasteiger partial charge is 0.287 e. The molecule has 0 aliphatic heterocycles. The normalized spacial score (nSPS) is 9.90. The van der Waals surface area contributed by atoms with Gasteiger partial charge in [-0.2, -0.15) is 5.26 Å². The van der Waals surface area contributed by atoms with Gasteiger partial charge in [0.05, 0.1) is 4.92 Å². The highest BCUT2D eigenvalue weighted by atomic mass is 16.6. The lowest BCUT2D eigenvalue weighted by Gasteiger charge is -2.08. The van der Waals surface area contributed by atoms with Crippen LogP contribution in [-0.2, 0) is 6.42 Å². The third kappa shape index (κ3) is 3.57. The maximum Gasteiger partial charge on any atom is 0.287 e. The Morgan fingerprint density at radius 2 is 2.05 bits per heavy atom. The Kier molecular flexibility index (Phi) is 4.52. The quantitative estimate of drug-likeness (QED) is 0.672. The van der Waals surface area contributed by atoms with Crippen LogP contribution in [0.3, 0.4) is 0 Å². The number of nitro benzene ring substituents is 1. The van der Waals surface area contributed by atoms with Gasteiger partial charge in [0.15, 0.2) is 0 Å². The number of hydrogen-bond donors (Lipinski definition) is 1. The molecule has 2 aromatic rings. The minimum Gasteiger partial charge on any atom is -0.385 e. The highest BCUT2D eigenvalue weighted by molar-refractivity contribution is 5.58. The molecule has 0 aromatic heterocycles. The summed E-state index contributed by atoms with van der Waals surface area (Å²) in [6.07, 6.45) is 0.853. The molecule has 2 rings (SSSR count). The fourth-order valence-corrected chi connectivity index (χ4v) is 2.13. The van der Waals surface area contributed by atoms with E-state index in [4.69, 9.17) is 5.26 Å². The SMILES string of the molecule is Cc1ccccc1CCNc1ccc([N+](=O)[O-])c(C#N)c1.